The molecule has 0 unspecified atom stereocenters. The van der Waals surface area contributed by atoms with Crippen LogP contribution in [-0.2, 0) is 0 Å². The van der Waals surface area contributed by atoms with Crippen molar-refractivity contribution in [2.45, 2.75) is 0 Å². The molecule has 1 amide bonds. The molecule has 0 aliphatic rings. The van der Waals surface area contributed by atoms with Crippen LogP contribution in [0.15, 0.2) is 30.5 Å². The first-order valence-corrected chi connectivity index (χ1v) is 6.40. The first-order chi connectivity index (χ1) is 9.60. The molecule has 2 aromatic rings. The van der Waals surface area contributed by atoms with Crippen LogP contribution < -0.4 is 5.32 Å². The Bertz CT molecular complexity index is 699. The maximum atomic E-state index is 12.0. The van der Waals surface area contributed by atoms with Crippen LogP contribution in [0.25, 0.3) is 0 Å². The lowest BCUT2D eigenvalue weighted by molar-refractivity contribution is 0.102. The summed E-state index contributed by atoms with van der Waals surface area (Å²) in [6.45, 7) is -0.272. The van der Waals surface area contributed by atoms with Crippen LogP contribution >= 0.6 is 23.2 Å². The van der Waals surface area contributed by atoms with Gasteiger partial charge in [-0.1, -0.05) is 35.0 Å². The molecule has 102 valence electrons. The van der Waals surface area contributed by atoms with Gasteiger partial charge in [0.2, 0.25) is 0 Å². The lowest BCUT2D eigenvalue weighted by atomic mass is 10.1. The fraction of sp³-hybridized carbons (Fsp3) is 0.0714. The number of aromatic nitrogens is 1. The molecule has 20 heavy (non-hydrogen) atoms. The second-order valence-corrected chi connectivity index (χ2v) is 4.71. The second kappa shape index (κ2) is 6.49. The van der Waals surface area contributed by atoms with Crippen molar-refractivity contribution in [1.29, 1.82) is 0 Å². The summed E-state index contributed by atoms with van der Waals surface area (Å²) in [6, 6.07) is 6.42. The van der Waals surface area contributed by atoms with Gasteiger partial charge >= 0.3 is 0 Å². The Labute approximate surface area is 125 Å². The summed E-state index contributed by atoms with van der Waals surface area (Å²) in [5, 5.41) is 12.4. The van der Waals surface area contributed by atoms with Gasteiger partial charge < -0.3 is 15.4 Å². The van der Waals surface area contributed by atoms with Gasteiger partial charge in [0.25, 0.3) is 5.91 Å². The monoisotopic (exact) mass is 308 g/mol. The van der Waals surface area contributed by atoms with Gasteiger partial charge in [-0.05, 0) is 24.3 Å². The number of aliphatic hydroxyl groups excluding tert-OH is 1. The smallest absolute Gasteiger partial charge is 0.272 e. The highest BCUT2D eigenvalue weighted by atomic mass is 35.5. The lowest BCUT2D eigenvalue weighted by Crippen LogP contribution is -2.13. The molecule has 0 saturated carbocycles. The number of aromatic amines is 1. The summed E-state index contributed by atoms with van der Waals surface area (Å²) in [7, 11) is 0. The number of anilines is 1. The zero-order valence-electron chi connectivity index (χ0n) is 10.2. The van der Waals surface area contributed by atoms with Gasteiger partial charge in [0.05, 0.1) is 10.7 Å². The van der Waals surface area contributed by atoms with Gasteiger partial charge in [-0.3, -0.25) is 4.79 Å². The summed E-state index contributed by atoms with van der Waals surface area (Å²) in [6.07, 6.45) is 1.52. The Balaban J connectivity index is 2.26. The van der Waals surface area contributed by atoms with Crippen molar-refractivity contribution in [3.63, 3.8) is 0 Å². The minimum absolute atomic E-state index is 0.272. The lowest BCUT2D eigenvalue weighted by Gasteiger charge is -2.07. The molecule has 1 heterocycles. The van der Waals surface area contributed by atoms with E-state index in [0.717, 1.165) is 0 Å². The van der Waals surface area contributed by atoms with Crippen molar-refractivity contribution in [1.82, 2.24) is 4.98 Å². The van der Waals surface area contributed by atoms with E-state index in [1.807, 2.05) is 0 Å². The standard InChI is InChI=1S/C14H10Cl2N2O2/c15-10-3-4-12(9(6-10)2-1-5-19)18-14(20)13-7-11(16)8-17-13/h3-4,6-8,17,19H,5H2,(H,18,20). The predicted molar refractivity (Wildman–Crippen MR) is 79.2 cm³/mol. The third-order valence-electron chi connectivity index (χ3n) is 2.42. The molecule has 0 aliphatic heterocycles. The molecule has 4 nitrogen and oxygen atoms in total. The number of benzene rings is 1. The molecule has 1 aromatic carbocycles. The Hall–Kier alpha value is -1.93. The van der Waals surface area contributed by atoms with E-state index in [4.69, 9.17) is 28.3 Å². The number of carbonyl (C=O) groups is 1. The maximum Gasteiger partial charge on any atom is 0.272 e. The van der Waals surface area contributed by atoms with E-state index >= 15 is 0 Å². The topological polar surface area (TPSA) is 65.1 Å². The van der Waals surface area contributed by atoms with Gasteiger partial charge in [0.1, 0.15) is 12.3 Å². The minimum atomic E-state index is -0.341. The van der Waals surface area contributed by atoms with Gasteiger partial charge in [0, 0.05) is 16.8 Å². The molecule has 0 aliphatic carbocycles. The van der Waals surface area contributed by atoms with E-state index in [0.29, 0.717) is 27.0 Å². The van der Waals surface area contributed by atoms with Crippen molar-refractivity contribution in [3.05, 3.63) is 51.8 Å². The van der Waals surface area contributed by atoms with E-state index in [9.17, 15) is 4.79 Å². The summed E-state index contributed by atoms with van der Waals surface area (Å²) < 4.78 is 0. The summed E-state index contributed by atoms with van der Waals surface area (Å²) in [5.74, 6) is 4.90. The van der Waals surface area contributed by atoms with Gasteiger partial charge in [-0.2, -0.15) is 0 Å². The molecule has 6 heteroatoms. The van der Waals surface area contributed by atoms with Gasteiger partial charge in [0.15, 0.2) is 0 Å². The quantitative estimate of drug-likeness (QED) is 0.747. The minimum Gasteiger partial charge on any atom is -0.384 e. The molecule has 1 aromatic heterocycles. The van der Waals surface area contributed by atoms with Crippen LogP contribution in [0.2, 0.25) is 10.0 Å². The van der Waals surface area contributed by atoms with E-state index in [1.54, 1.807) is 18.2 Å². The largest absolute Gasteiger partial charge is 0.384 e. The third kappa shape index (κ3) is 3.55. The number of hydrogen-bond acceptors (Lipinski definition) is 2. The second-order valence-electron chi connectivity index (χ2n) is 3.84. The molecule has 3 N–H and O–H groups in total. The van der Waals surface area contributed by atoms with Crippen LogP contribution in [0.1, 0.15) is 16.1 Å². The highest BCUT2D eigenvalue weighted by Gasteiger charge is 2.10. The zero-order chi connectivity index (χ0) is 14.5. The number of aliphatic hydroxyl groups is 1. The van der Waals surface area contributed by atoms with Crippen molar-refractivity contribution >= 4 is 34.8 Å². The van der Waals surface area contributed by atoms with Gasteiger partial charge in [-0.25, -0.2) is 0 Å². The Morgan fingerprint density at radius 3 is 2.75 bits per heavy atom. The van der Waals surface area contributed by atoms with E-state index in [1.165, 1.54) is 12.3 Å². The number of hydrogen-bond donors (Lipinski definition) is 3. The molecule has 0 radical (unpaired) electrons. The maximum absolute atomic E-state index is 12.0. The molecule has 2 rings (SSSR count). The molecule has 0 fully saturated rings. The molecular weight excluding hydrogens is 299 g/mol. The molecular formula is C14H10Cl2N2O2. The average molecular weight is 309 g/mol. The van der Waals surface area contributed by atoms with Crippen molar-refractivity contribution in [2.24, 2.45) is 0 Å². The van der Waals surface area contributed by atoms with E-state index in [-0.39, 0.29) is 12.5 Å². The van der Waals surface area contributed by atoms with Crippen LogP contribution in [-0.4, -0.2) is 22.6 Å². The van der Waals surface area contributed by atoms with Crippen molar-refractivity contribution in [2.75, 3.05) is 11.9 Å². The fourth-order valence-electron chi connectivity index (χ4n) is 1.55. The normalized spacial score (nSPS) is 9.75. The van der Waals surface area contributed by atoms with Crippen LogP contribution in [0, 0.1) is 11.8 Å². The Kier molecular flexibility index (Phi) is 4.70. The molecule has 0 atom stereocenters. The van der Waals surface area contributed by atoms with E-state index < -0.39 is 0 Å². The first-order valence-electron chi connectivity index (χ1n) is 5.64. The number of rotatable bonds is 2. The number of halogens is 2. The highest BCUT2D eigenvalue weighted by Crippen LogP contribution is 2.21. The molecule has 0 bridgehead atoms. The SMILES string of the molecule is O=C(Nc1ccc(Cl)cc1C#CCO)c1cc(Cl)c[nH]1. The van der Waals surface area contributed by atoms with Crippen molar-refractivity contribution in [3.8, 4) is 11.8 Å². The number of nitrogens with one attached hydrogen (secondary N) is 2. The summed E-state index contributed by atoms with van der Waals surface area (Å²) >= 11 is 11.6. The van der Waals surface area contributed by atoms with E-state index in [2.05, 4.69) is 22.1 Å². The molecule has 0 saturated heterocycles. The van der Waals surface area contributed by atoms with Crippen LogP contribution in [0.5, 0.6) is 0 Å². The summed E-state index contributed by atoms with van der Waals surface area (Å²) in [4.78, 5) is 14.8. The third-order valence-corrected chi connectivity index (χ3v) is 2.88. The van der Waals surface area contributed by atoms with Crippen LogP contribution in [0.4, 0.5) is 5.69 Å². The van der Waals surface area contributed by atoms with Crippen molar-refractivity contribution < 1.29 is 9.90 Å². The van der Waals surface area contributed by atoms with Gasteiger partial charge in [-0.15, -0.1) is 0 Å². The number of H-pyrrole nitrogens is 1. The highest BCUT2D eigenvalue weighted by molar-refractivity contribution is 6.31. The Morgan fingerprint density at radius 1 is 1.30 bits per heavy atom. The number of amides is 1. The zero-order valence-corrected chi connectivity index (χ0v) is 11.7. The molecule has 0 spiro atoms. The predicted octanol–water partition coefficient (Wildman–Crippen LogP) is 2.92. The van der Waals surface area contributed by atoms with Crippen LogP contribution in [0.3, 0.4) is 0 Å². The first kappa shape index (κ1) is 14.5. The Morgan fingerprint density at radius 2 is 2.10 bits per heavy atom. The number of carbonyl (C=O) groups excluding carboxylic acids is 1. The summed E-state index contributed by atoms with van der Waals surface area (Å²) in [5.41, 5.74) is 1.37. The average Bonchev–Trinajstić information content (AvgIpc) is 2.85. The fourth-order valence-corrected chi connectivity index (χ4v) is 1.89.